The van der Waals surface area contributed by atoms with Gasteiger partial charge in [-0.05, 0) is 49.9 Å². The van der Waals surface area contributed by atoms with Gasteiger partial charge >= 0.3 is 0 Å². The average molecular weight is 363 g/mol. The molecule has 0 radical (unpaired) electrons. The molecule has 2 aromatic carbocycles. The van der Waals surface area contributed by atoms with Gasteiger partial charge in [-0.3, -0.25) is 9.69 Å². The molecular weight excluding hydrogens is 340 g/mol. The zero-order valence-electron chi connectivity index (χ0n) is 14.9. The maximum absolute atomic E-state index is 12.6. The monoisotopic (exact) mass is 362 g/mol. The number of amides is 1. The molecule has 1 atom stereocenters. The predicted octanol–water partition coefficient (Wildman–Crippen LogP) is 3.82. The predicted molar refractivity (Wildman–Crippen MR) is 101 cm³/mol. The summed E-state index contributed by atoms with van der Waals surface area (Å²) in [4.78, 5) is 14.5. The zero-order valence-corrected chi connectivity index (χ0v) is 15.6. The van der Waals surface area contributed by atoms with Crippen LogP contribution >= 0.6 is 11.6 Å². The third-order valence-electron chi connectivity index (χ3n) is 4.03. The number of likely N-dealkylation sites (N-methyl/N-ethyl adjacent to an activating group) is 1. The Morgan fingerprint density at radius 3 is 2.64 bits per heavy atom. The fourth-order valence-corrected chi connectivity index (χ4v) is 2.58. The Kier molecular flexibility index (Phi) is 6.67. The fourth-order valence-electron chi connectivity index (χ4n) is 2.41. The third kappa shape index (κ3) is 5.11. The molecule has 0 aliphatic rings. The second-order valence-corrected chi connectivity index (χ2v) is 6.21. The molecule has 2 aromatic rings. The van der Waals surface area contributed by atoms with Gasteiger partial charge in [-0.2, -0.15) is 0 Å². The number of hydrogen-bond donors (Lipinski definition) is 1. The molecule has 25 heavy (non-hydrogen) atoms. The summed E-state index contributed by atoms with van der Waals surface area (Å²) >= 11 is 6.01. The highest BCUT2D eigenvalue weighted by Crippen LogP contribution is 2.28. The van der Waals surface area contributed by atoms with E-state index in [2.05, 4.69) is 5.32 Å². The minimum absolute atomic E-state index is 0.133. The molecule has 6 heteroatoms. The summed E-state index contributed by atoms with van der Waals surface area (Å²) in [5.41, 5.74) is 1.63. The molecule has 0 spiro atoms. The van der Waals surface area contributed by atoms with Crippen molar-refractivity contribution in [3.63, 3.8) is 0 Å². The smallest absolute Gasteiger partial charge is 0.241 e. The van der Waals surface area contributed by atoms with Crippen LogP contribution in [0.3, 0.4) is 0 Å². The van der Waals surface area contributed by atoms with Crippen LogP contribution in [0.2, 0.25) is 5.02 Å². The minimum Gasteiger partial charge on any atom is -0.497 e. The van der Waals surface area contributed by atoms with Crippen molar-refractivity contribution >= 4 is 23.2 Å². The van der Waals surface area contributed by atoms with Crippen LogP contribution in [0.15, 0.2) is 42.5 Å². The topological polar surface area (TPSA) is 50.8 Å². The van der Waals surface area contributed by atoms with E-state index >= 15 is 0 Å². The number of nitrogens with one attached hydrogen (secondary N) is 1. The van der Waals surface area contributed by atoms with Crippen molar-refractivity contribution in [1.29, 1.82) is 0 Å². The first-order chi connectivity index (χ1) is 11.9. The van der Waals surface area contributed by atoms with E-state index in [4.69, 9.17) is 21.1 Å². The second kappa shape index (κ2) is 8.74. The van der Waals surface area contributed by atoms with E-state index in [9.17, 15) is 4.79 Å². The van der Waals surface area contributed by atoms with Crippen LogP contribution in [0.4, 0.5) is 5.69 Å². The molecular formula is C19H23ClN2O3. The molecule has 1 amide bonds. The molecule has 0 unspecified atom stereocenters. The second-order valence-electron chi connectivity index (χ2n) is 5.78. The molecule has 1 N–H and O–H groups in total. The van der Waals surface area contributed by atoms with Crippen LogP contribution in [0.25, 0.3) is 0 Å². The van der Waals surface area contributed by atoms with Gasteiger partial charge in [0.2, 0.25) is 5.91 Å². The normalized spacial score (nSPS) is 11.9. The van der Waals surface area contributed by atoms with E-state index < -0.39 is 0 Å². The van der Waals surface area contributed by atoms with Crippen LogP contribution in [-0.2, 0) is 11.3 Å². The Balaban J connectivity index is 2.04. The molecule has 0 aliphatic heterocycles. The van der Waals surface area contributed by atoms with E-state index in [-0.39, 0.29) is 11.9 Å². The van der Waals surface area contributed by atoms with Gasteiger partial charge in [0.15, 0.2) is 0 Å². The van der Waals surface area contributed by atoms with Crippen LogP contribution in [0, 0.1) is 0 Å². The van der Waals surface area contributed by atoms with Crippen molar-refractivity contribution in [2.24, 2.45) is 0 Å². The van der Waals surface area contributed by atoms with E-state index in [0.29, 0.717) is 23.0 Å². The SMILES string of the molecule is COc1cccc(CN(C)[C@@H](C)C(=O)Nc2cc(Cl)ccc2OC)c1. The number of anilines is 1. The summed E-state index contributed by atoms with van der Waals surface area (Å²) < 4.78 is 10.5. The van der Waals surface area contributed by atoms with E-state index in [0.717, 1.165) is 11.3 Å². The Labute approximate surface area is 153 Å². The largest absolute Gasteiger partial charge is 0.497 e. The van der Waals surface area contributed by atoms with Gasteiger partial charge in [-0.15, -0.1) is 0 Å². The van der Waals surface area contributed by atoms with Crippen LogP contribution in [0.1, 0.15) is 12.5 Å². The maximum Gasteiger partial charge on any atom is 0.241 e. The van der Waals surface area contributed by atoms with Gasteiger partial charge in [-0.25, -0.2) is 0 Å². The Morgan fingerprint density at radius 2 is 1.96 bits per heavy atom. The van der Waals surface area contributed by atoms with Crippen molar-refractivity contribution in [2.75, 3.05) is 26.6 Å². The Hall–Kier alpha value is -2.24. The van der Waals surface area contributed by atoms with Crippen molar-refractivity contribution in [3.8, 4) is 11.5 Å². The highest BCUT2D eigenvalue weighted by Gasteiger charge is 2.20. The number of methoxy groups -OCH3 is 2. The van der Waals surface area contributed by atoms with Crippen LogP contribution in [-0.4, -0.2) is 38.1 Å². The van der Waals surface area contributed by atoms with Crippen molar-refractivity contribution < 1.29 is 14.3 Å². The van der Waals surface area contributed by atoms with Gasteiger partial charge in [0.05, 0.1) is 25.9 Å². The molecule has 0 heterocycles. The lowest BCUT2D eigenvalue weighted by atomic mass is 10.1. The first kappa shape index (κ1) is 19.1. The summed E-state index contributed by atoms with van der Waals surface area (Å²) in [5, 5.41) is 3.41. The van der Waals surface area contributed by atoms with Gasteiger partial charge in [-0.1, -0.05) is 23.7 Å². The molecule has 0 bridgehead atoms. The van der Waals surface area contributed by atoms with Crippen LogP contribution < -0.4 is 14.8 Å². The molecule has 2 rings (SSSR count). The lowest BCUT2D eigenvalue weighted by molar-refractivity contribution is -0.120. The average Bonchev–Trinajstić information content (AvgIpc) is 2.61. The molecule has 0 fully saturated rings. The molecule has 0 aromatic heterocycles. The number of ether oxygens (including phenoxy) is 2. The number of benzene rings is 2. The number of halogens is 1. The number of hydrogen-bond acceptors (Lipinski definition) is 4. The van der Waals surface area contributed by atoms with E-state index in [1.54, 1.807) is 32.4 Å². The zero-order chi connectivity index (χ0) is 18.4. The van der Waals surface area contributed by atoms with E-state index in [1.807, 2.05) is 43.1 Å². The number of carbonyl (C=O) groups is 1. The summed E-state index contributed by atoms with van der Waals surface area (Å²) in [7, 11) is 5.09. The Morgan fingerprint density at radius 1 is 1.20 bits per heavy atom. The van der Waals surface area contributed by atoms with Gasteiger partial charge in [0.25, 0.3) is 0 Å². The molecule has 0 saturated carbocycles. The lowest BCUT2D eigenvalue weighted by Gasteiger charge is -2.24. The van der Waals surface area contributed by atoms with Gasteiger partial charge < -0.3 is 14.8 Å². The third-order valence-corrected chi connectivity index (χ3v) is 4.26. The van der Waals surface area contributed by atoms with Crippen molar-refractivity contribution in [2.45, 2.75) is 19.5 Å². The fraction of sp³-hybridized carbons (Fsp3) is 0.316. The summed E-state index contributed by atoms with van der Waals surface area (Å²) in [6, 6.07) is 12.6. The first-order valence-electron chi connectivity index (χ1n) is 7.92. The molecule has 134 valence electrons. The number of nitrogens with zero attached hydrogens (tertiary/aromatic N) is 1. The highest BCUT2D eigenvalue weighted by atomic mass is 35.5. The standard InChI is InChI=1S/C19H23ClN2O3/c1-13(22(2)12-14-6-5-7-16(10-14)24-3)19(23)21-17-11-15(20)8-9-18(17)25-4/h5-11,13H,12H2,1-4H3,(H,21,23)/t13-/m0/s1. The lowest BCUT2D eigenvalue weighted by Crippen LogP contribution is -2.39. The van der Waals surface area contributed by atoms with Crippen molar-refractivity contribution in [1.82, 2.24) is 4.90 Å². The van der Waals surface area contributed by atoms with Gasteiger partial charge in [0.1, 0.15) is 11.5 Å². The quantitative estimate of drug-likeness (QED) is 0.813. The number of rotatable bonds is 7. The minimum atomic E-state index is -0.338. The molecule has 5 nitrogen and oxygen atoms in total. The summed E-state index contributed by atoms with van der Waals surface area (Å²) in [5.74, 6) is 1.23. The summed E-state index contributed by atoms with van der Waals surface area (Å²) in [6.45, 7) is 2.48. The summed E-state index contributed by atoms with van der Waals surface area (Å²) in [6.07, 6.45) is 0. The van der Waals surface area contributed by atoms with Crippen molar-refractivity contribution in [3.05, 3.63) is 53.1 Å². The number of carbonyl (C=O) groups excluding carboxylic acids is 1. The van der Waals surface area contributed by atoms with E-state index in [1.165, 1.54) is 0 Å². The molecule has 0 aliphatic carbocycles. The maximum atomic E-state index is 12.6. The van der Waals surface area contributed by atoms with Gasteiger partial charge in [0, 0.05) is 11.6 Å². The first-order valence-corrected chi connectivity index (χ1v) is 8.30. The molecule has 0 saturated heterocycles. The highest BCUT2D eigenvalue weighted by molar-refractivity contribution is 6.31. The Bertz CT molecular complexity index is 736. The van der Waals surface area contributed by atoms with Crippen LogP contribution in [0.5, 0.6) is 11.5 Å².